The first-order valence-electron chi connectivity index (χ1n) is 5.71. The van der Waals surface area contributed by atoms with Crippen LogP contribution in [0.5, 0.6) is 0 Å². The molecular weight excluding hydrogens is 215 g/mol. The van der Waals surface area contributed by atoms with Crippen LogP contribution in [0, 0.1) is 5.82 Å². The van der Waals surface area contributed by atoms with Crippen LogP contribution >= 0.6 is 0 Å². The molecule has 0 saturated carbocycles. The normalized spacial score (nSPS) is 14.3. The Morgan fingerprint density at radius 1 is 0.941 bits per heavy atom. The smallest absolute Gasteiger partial charge is 0.123 e. The van der Waals surface area contributed by atoms with E-state index in [9.17, 15) is 9.50 Å². The Labute approximate surface area is 101 Å². The van der Waals surface area contributed by atoms with Crippen molar-refractivity contribution in [2.24, 2.45) is 0 Å². The van der Waals surface area contributed by atoms with Gasteiger partial charge < -0.3 is 5.11 Å². The number of hydrogen-bond donors (Lipinski definition) is 1. The van der Waals surface area contributed by atoms with E-state index in [2.05, 4.69) is 0 Å². The van der Waals surface area contributed by atoms with Crippen LogP contribution < -0.4 is 0 Å². The Morgan fingerprint density at radius 3 is 2.00 bits per heavy atom. The molecule has 0 fully saturated rings. The predicted octanol–water partition coefficient (Wildman–Crippen LogP) is 3.47. The van der Waals surface area contributed by atoms with Crippen molar-refractivity contribution in [2.75, 3.05) is 0 Å². The monoisotopic (exact) mass is 230 g/mol. The molecule has 0 saturated heterocycles. The van der Waals surface area contributed by atoms with Gasteiger partial charge in [-0.05, 0) is 29.7 Å². The third kappa shape index (κ3) is 2.22. The highest BCUT2D eigenvalue weighted by Gasteiger charge is 2.28. The van der Waals surface area contributed by atoms with E-state index in [1.165, 1.54) is 12.1 Å². The molecule has 88 valence electrons. The van der Waals surface area contributed by atoms with E-state index in [4.69, 9.17) is 0 Å². The summed E-state index contributed by atoms with van der Waals surface area (Å²) in [6, 6.07) is 15.5. The van der Waals surface area contributed by atoms with E-state index >= 15 is 0 Å². The van der Waals surface area contributed by atoms with Crippen LogP contribution in [0.4, 0.5) is 4.39 Å². The number of benzene rings is 2. The molecule has 0 aliphatic heterocycles. The van der Waals surface area contributed by atoms with Crippen molar-refractivity contribution < 1.29 is 9.50 Å². The van der Waals surface area contributed by atoms with E-state index in [1.54, 1.807) is 12.1 Å². The number of aliphatic hydroxyl groups is 1. The Morgan fingerprint density at radius 2 is 1.47 bits per heavy atom. The van der Waals surface area contributed by atoms with Gasteiger partial charge in [0.1, 0.15) is 11.4 Å². The van der Waals surface area contributed by atoms with Crippen LogP contribution in [0.3, 0.4) is 0 Å². The summed E-state index contributed by atoms with van der Waals surface area (Å²) in [6.45, 7) is 1.91. The molecule has 2 rings (SSSR count). The number of halogens is 1. The first-order valence-corrected chi connectivity index (χ1v) is 5.71. The van der Waals surface area contributed by atoms with Gasteiger partial charge >= 0.3 is 0 Å². The van der Waals surface area contributed by atoms with Crippen LogP contribution in [0.1, 0.15) is 24.5 Å². The molecule has 0 aliphatic rings. The largest absolute Gasteiger partial charge is 0.380 e. The Bertz CT molecular complexity index is 478. The zero-order valence-electron chi connectivity index (χ0n) is 9.73. The van der Waals surface area contributed by atoms with Crippen LogP contribution in [-0.2, 0) is 5.60 Å². The van der Waals surface area contributed by atoms with E-state index in [0.29, 0.717) is 12.0 Å². The van der Waals surface area contributed by atoms with Crippen molar-refractivity contribution in [3.05, 3.63) is 71.5 Å². The highest BCUT2D eigenvalue weighted by Crippen LogP contribution is 2.32. The zero-order chi connectivity index (χ0) is 12.3. The minimum Gasteiger partial charge on any atom is -0.380 e. The number of hydrogen-bond acceptors (Lipinski definition) is 1. The Kier molecular flexibility index (Phi) is 3.25. The van der Waals surface area contributed by atoms with Gasteiger partial charge in [0.25, 0.3) is 0 Å². The summed E-state index contributed by atoms with van der Waals surface area (Å²) >= 11 is 0. The van der Waals surface area contributed by atoms with Crippen molar-refractivity contribution >= 4 is 0 Å². The lowest BCUT2D eigenvalue weighted by atomic mass is 9.84. The van der Waals surface area contributed by atoms with Crippen molar-refractivity contribution in [3.63, 3.8) is 0 Å². The third-order valence-electron chi connectivity index (χ3n) is 3.08. The molecule has 1 atom stereocenters. The van der Waals surface area contributed by atoms with Gasteiger partial charge in [0.05, 0.1) is 0 Å². The Balaban J connectivity index is 2.48. The zero-order valence-corrected chi connectivity index (χ0v) is 9.73. The fraction of sp³-hybridized carbons (Fsp3) is 0.200. The molecule has 2 aromatic carbocycles. The lowest BCUT2D eigenvalue weighted by molar-refractivity contribution is 0.0765. The number of rotatable bonds is 3. The third-order valence-corrected chi connectivity index (χ3v) is 3.08. The second-order valence-electron chi connectivity index (χ2n) is 4.09. The molecule has 0 heterocycles. The summed E-state index contributed by atoms with van der Waals surface area (Å²) < 4.78 is 12.9. The summed E-state index contributed by atoms with van der Waals surface area (Å²) in [6.07, 6.45) is 0.544. The van der Waals surface area contributed by atoms with E-state index in [0.717, 1.165) is 5.56 Å². The highest BCUT2D eigenvalue weighted by atomic mass is 19.1. The van der Waals surface area contributed by atoms with Gasteiger partial charge in [0.2, 0.25) is 0 Å². The summed E-state index contributed by atoms with van der Waals surface area (Å²) in [5, 5.41) is 10.7. The SMILES string of the molecule is CCC(O)(c1ccccc1)c1ccc(F)cc1. The minimum absolute atomic E-state index is 0.291. The maximum atomic E-state index is 12.9. The van der Waals surface area contributed by atoms with Crippen molar-refractivity contribution in [1.29, 1.82) is 0 Å². The first kappa shape index (κ1) is 11.8. The Hall–Kier alpha value is -1.67. The van der Waals surface area contributed by atoms with Crippen LogP contribution in [-0.4, -0.2) is 5.11 Å². The molecule has 0 bridgehead atoms. The molecule has 0 radical (unpaired) electrons. The average Bonchev–Trinajstić information content (AvgIpc) is 2.40. The maximum Gasteiger partial charge on any atom is 0.123 e. The van der Waals surface area contributed by atoms with Gasteiger partial charge in [-0.25, -0.2) is 4.39 Å². The quantitative estimate of drug-likeness (QED) is 0.856. The average molecular weight is 230 g/mol. The molecule has 2 heteroatoms. The minimum atomic E-state index is -1.05. The topological polar surface area (TPSA) is 20.2 Å². The summed E-state index contributed by atoms with van der Waals surface area (Å²) in [4.78, 5) is 0. The first-order chi connectivity index (χ1) is 8.16. The van der Waals surface area contributed by atoms with Crippen molar-refractivity contribution in [2.45, 2.75) is 18.9 Å². The molecule has 0 aromatic heterocycles. The molecule has 0 amide bonds. The molecule has 0 aliphatic carbocycles. The van der Waals surface area contributed by atoms with E-state index in [1.807, 2.05) is 37.3 Å². The van der Waals surface area contributed by atoms with E-state index in [-0.39, 0.29) is 5.82 Å². The van der Waals surface area contributed by atoms with Crippen LogP contribution in [0.25, 0.3) is 0 Å². The standard InChI is InChI=1S/C15H15FO/c1-2-15(17,12-6-4-3-5-7-12)13-8-10-14(16)11-9-13/h3-11,17H,2H2,1H3. The lowest BCUT2D eigenvalue weighted by Crippen LogP contribution is -2.26. The molecule has 1 unspecified atom stereocenters. The predicted molar refractivity (Wildman–Crippen MR) is 66.1 cm³/mol. The van der Waals surface area contributed by atoms with Crippen molar-refractivity contribution in [3.8, 4) is 0 Å². The lowest BCUT2D eigenvalue weighted by Gasteiger charge is -2.28. The molecule has 2 aromatic rings. The van der Waals surface area contributed by atoms with Gasteiger partial charge in [0, 0.05) is 0 Å². The second kappa shape index (κ2) is 4.68. The van der Waals surface area contributed by atoms with Gasteiger partial charge in [-0.15, -0.1) is 0 Å². The molecule has 1 N–H and O–H groups in total. The van der Waals surface area contributed by atoms with E-state index < -0.39 is 5.60 Å². The highest BCUT2D eigenvalue weighted by molar-refractivity contribution is 5.35. The second-order valence-corrected chi connectivity index (χ2v) is 4.09. The summed E-state index contributed by atoms with van der Waals surface area (Å²) in [5.74, 6) is -0.291. The molecule has 1 nitrogen and oxygen atoms in total. The fourth-order valence-electron chi connectivity index (χ4n) is 2.01. The maximum absolute atomic E-state index is 12.9. The van der Waals surface area contributed by atoms with Crippen LogP contribution in [0.2, 0.25) is 0 Å². The van der Waals surface area contributed by atoms with Crippen molar-refractivity contribution in [1.82, 2.24) is 0 Å². The molecular formula is C15H15FO. The van der Waals surface area contributed by atoms with Crippen LogP contribution in [0.15, 0.2) is 54.6 Å². The van der Waals surface area contributed by atoms with Gasteiger partial charge in [-0.1, -0.05) is 49.4 Å². The van der Waals surface area contributed by atoms with Gasteiger partial charge in [-0.2, -0.15) is 0 Å². The summed E-state index contributed by atoms with van der Waals surface area (Å²) in [7, 11) is 0. The molecule has 0 spiro atoms. The van der Waals surface area contributed by atoms with Gasteiger partial charge in [0.15, 0.2) is 0 Å². The summed E-state index contributed by atoms with van der Waals surface area (Å²) in [5.41, 5.74) is 0.497. The molecule has 17 heavy (non-hydrogen) atoms. The van der Waals surface area contributed by atoms with Gasteiger partial charge in [-0.3, -0.25) is 0 Å². The fourth-order valence-corrected chi connectivity index (χ4v) is 2.01.